The molecule has 0 aliphatic rings. The summed E-state index contributed by atoms with van der Waals surface area (Å²) in [4.78, 5) is 0. The zero-order valence-corrected chi connectivity index (χ0v) is 6.72. The highest BCUT2D eigenvalue weighted by Crippen LogP contribution is 2.28. The Bertz CT molecular complexity index is 251. The molecule has 1 aromatic heterocycles. The molecule has 0 spiro atoms. The minimum Gasteiger partial charge on any atom is -0.244 e. The number of thiophene rings is 1. The summed E-state index contributed by atoms with van der Waals surface area (Å²) in [6.45, 7) is 0. The molecule has 0 aliphatic carbocycles. The molecule has 0 amide bonds. The number of halogens is 3. The van der Waals surface area contributed by atoms with Gasteiger partial charge in [0.05, 0.1) is 0 Å². The van der Waals surface area contributed by atoms with Crippen molar-refractivity contribution in [1.82, 2.24) is 0 Å². The van der Waals surface area contributed by atoms with E-state index in [-0.39, 0.29) is 4.21 Å². The van der Waals surface area contributed by atoms with Crippen LogP contribution in [0.15, 0.2) is 21.7 Å². The summed E-state index contributed by atoms with van der Waals surface area (Å²) in [5, 5.41) is 1.46. The molecule has 0 saturated heterocycles. The topological polar surface area (TPSA) is 17.1 Å². The van der Waals surface area contributed by atoms with Gasteiger partial charge in [-0.1, -0.05) is 6.07 Å². The molecule has 0 saturated carbocycles. The van der Waals surface area contributed by atoms with Gasteiger partial charge in [-0.05, 0) is 11.4 Å². The third kappa shape index (κ3) is 2.03. The van der Waals surface area contributed by atoms with Crippen molar-refractivity contribution in [1.29, 1.82) is 0 Å². The average molecular weight is 200 g/mol. The van der Waals surface area contributed by atoms with Crippen molar-refractivity contribution in [2.24, 2.45) is 0 Å². The van der Waals surface area contributed by atoms with E-state index in [1.165, 1.54) is 17.5 Å². The Morgan fingerprint density at radius 2 is 2.09 bits per heavy atom. The van der Waals surface area contributed by atoms with E-state index >= 15 is 0 Å². The van der Waals surface area contributed by atoms with E-state index in [2.05, 4.69) is 0 Å². The second-order valence-corrected chi connectivity index (χ2v) is 4.29. The maximum Gasteiger partial charge on any atom is 0.476 e. The summed E-state index contributed by atoms with van der Waals surface area (Å²) in [5.41, 5.74) is -4.63. The lowest BCUT2D eigenvalue weighted by Crippen LogP contribution is -2.14. The summed E-state index contributed by atoms with van der Waals surface area (Å²) in [5.74, 6) is 0. The quantitative estimate of drug-likeness (QED) is 0.680. The lowest BCUT2D eigenvalue weighted by Gasteiger charge is -2.01. The van der Waals surface area contributed by atoms with Gasteiger partial charge in [0.1, 0.15) is 4.21 Å². The highest BCUT2D eigenvalue weighted by atomic mass is 32.2. The lowest BCUT2D eigenvalue weighted by atomic mass is 10.7. The van der Waals surface area contributed by atoms with E-state index in [0.717, 1.165) is 11.3 Å². The normalized spacial score (nSPS) is 14.8. The van der Waals surface area contributed by atoms with Crippen molar-refractivity contribution in [3.05, 3.63) is 17.5 Å². The van der Waals surface area contributed by atoms with E-state index < -0.39 is 16.3 Å². The molecule has 6 heteroatoms. The zero-order chi connectivity index (χ0) is 8.48. The van der Waals surface area contributed by atoms with Crippen LogP contribution in [0.5, 0.6) is 0 Å². The van der Waals surface area contributed by atoms with E-state index in [9.17, 15) is 17.4 Å². The minimum atomic E-state index is -4.63. The molecule has 0 N–H and O–H groups in total. The molecule has 1 aromatic rings. The highest BCUT2D eigenvalue weighted by molar-refractivity contribution is 7.88. The molecule has 0 aromatic carbocycles. The molecule has 11 heavy (non-hydrogen) atoms. The van der Waals surface area contributed by atoms with Crippen molar-refractivity contribution < 1.29 is 17.4 Å². The summed E-state index contributed by atoms with van der Waals surface area (Å²) in [6, 6.07) is 2.64. The third-order valence-electron chi connectivity index (χ3n) is 0.888. The molecule has 0 bridgehead atoms. The molecule has 1 rings (SSSR count). The average Bonchev–Trinajstić information content (AvgIpc) is 2.34. The van der Waals surface area contributed by atoms with Gasteiger partial charge < -0.3 is 0 Å². The van der Waals surface area contributed by atoms with E-state index in [4.69, 9.17) is 0 Å². The minimum absolute atomic E-state index is 0.155. The maximum atomic E-state index is 11.7. The van der Waals surface area contributed by atoms with Crippen LogP contribution in [0.1, 0.15) is 0 Å². The van der Waals surface area contributed by atoms with Crippen molar-refractivity contribution in [2.75, 3.05) is 0 Å². The van der Waals surface area contributed by atoms with Crippen LogP contribution >= 0.6 is 11.3 Å². The maximum absolute atomic E-state index is 11.7. The van der Waals surface area contributed by atoms with Gasteiger partial charge in [0, 0.05) is 0 Å². The molecule has 0 aliphatic heterocycles. The highest BCUT2D eigenvalue weighted by Gasteiger charge is 2.38. The fourth-order valence-corrected chi connectivity index (χ4v) is 2.16. The number of rotatable bonds is 1. The predicted octanol–water partition coefficient (Wildman–Crippen LogP) is 2.38. The van der Waals surface area contributed by atoms with Gasteiger partial charge in [-0.25, -0.2) is 4.21 Å². The standard InChI is InChI=1S/C5H3F3OS2/c6-5(7,8)11(9)4-2-1-3-10-4/h1-3H. The van der Waals surface area contributed by atoms with Gasteiger partial charge >= 0.3 is 5.51 Å². The Balaban J connectivity index is 2.88. The smallest absolute Gasteiger partial charge is 0.244 e. The Labute approximate surface area is 67.3 Å². The first kappa shape index (κ1) is 8.73. The third-order valence-corrected chi connectivity index (χ3v) is 3.21. The monoisotopic (exact) mass is 200 g/mol. The Hall–Kier alpha value is -0.360. The first-order chi connectivity index (χ1) is 5.02. The van der Waals surface area contributed by atoms with Crippen LogP contribution in [-0.2, 0) is 10.8 Å². The fourth-order valence-electron chi connectivity index (χ4n) is 0.483. The molecule has 1 heterocycles. The number of hydrogen-bond acceptors (Lipinski definition) is 2. The van der Waals surface area contributed by atoms with Gasteiger partial charge in [-0.2, -0.15) is 13.2 Å². The largest absolute Gasteiger partial charge is 0.476 e. The molecule has 62 valence electrons. The van der Waals surface area contributed by atoms with Gasteiger partial charge in [0.25, 0.3) is 0 Å². The number of hydrogen-bond donors (Lipinski definition) is 0. The first-order valence-electron chi connectivity index (χ1n) is 2.54. The molecule has 0 radical (unpaired) electrons. The molecule has 1 nitrogen and oxygen atoms in total. The molecule has 0 fully saturated rings. The van der Waals surface area contributed by atoms with Gasteiger partial charge in [0.15, 0.2) is 10.8 Å². The Morgan fingerprint density at radius 3 is 2.45 bits per heavy atom. The summed E-state index contributed by atoms with van der Waals surface area (Å²) in [6.07, 6.45) is 0. The van der Waals surface area contributed by atoms with Crippen LogP contribution in [0.3, 0.4) is 0 Å². The van der Waals surface area contributed by atoms with Crippen molar-refractivity contribution in [3.63, 3.8) is 0 Å². The summed E-state index contributed by atoms with van der Waals surface area (Å²) < 4.78 is 45.5. The lowest BCUT2D eigenvalue weighted by molar-refractivity contribution is -0.0383. The van der Waals surface area contributed by atoms with Crippen molar-refractivity contribution in [3.8, 4) is 0 Å². The van der Waals surface area contributed by atoms with E-state index in [1.807, 2.05) is 0 Å². The van der Waals surface area contributed by atoms with E-state index in [0.29, 0.717) is 0 Å². The SMILES string of the molecule is O=S(c1cccs1)C(F)(F)F. The summed E-state index contributed by atoms with van der Waals surface area (Å²) in [7, 11) is -2.85. The van der Waals surface area contributed by atoms with Crippen LogP contribution < -0.4 is 0 Å². The first-order valence-corrected chi connectivity index (χ1v) is 4.57. The van der Waals surface area contributed by atoms with Crippen LogP contribution in [0.4, 0.5) is 13.2 Å². The summed E-state index contributed by atoms with van der Waals surface area (Å²) >= 11 is 0.838. The second-order valence-electron chi connectivity index (χ2n) is 1.65. The van der Waals surface area contributed by atoms with Gasteiger partial charge in [-0.3, -0.25) is 0 Å². The predicted molar refractivity (Wildman–Crippen MR) is 36.8 cm³/mol. The molecule has 1 atom stereocenters. The van der Waals surface area contributed by atoms with Crippen LogP contribution in [-0.4, -0.2) is 9.72 Å². The Morgan fingerprint density at radius 1 is 1.45 bits per heavy atom. The number of alkyl halides is 3. The fraction of sp³-hybridized carbons (Fsp3) is 0.200. The van der Waals surface area contributed by atoms with Crippen LogP contribution in [0.2, 0.25) is 0 Å². The molecular formula is C5H3F3OS2. The van der Waals surface area contributed by atoms with Crippen molar-refractivity contribution >= 4 is 22.1 Å². The van der Waals surface area contributed by atoms with Crippen LogP contribution in [0.25, 0.3) is 0 Å². The van der Waals surface area contributed by atoms with E-state index in [1.54, 1.807) is 0 Å². The second kappa shape index (κ2) is 2.94. The Kier molecular flexibility index (Phi) is 2.34. The van der Waals surface area contributed by atoms with Crippen molar-refractivity contribution in [2.45, 2.75) is 9.72 Å². The van der Waals surface area contributed by atoms with Crippen LogP contribution in [0, 0.1) is 0 Å². The zero-order valence-electron chi connectivity index (χ0n) is 5.09. The van der Waals surface area contributed by atoms with Gasteiger partial charge in [-0.15, -0.1) is 11.3 Å². The molecule has 1 unspecified atom stereocenters. The van der Waals surface area contributed by atoms with Gasteiger partial charge in [0.2, 0.25) is 0 Å². The molecular weight excluding hydrogens is 197 g/mol.